The van der Waals surface area contributed by atoms with E-state index in [0.717, 1.165) is 62.2 Å². The molecule has 0 bridgehead atoms. The summed E-state index contributed by atoms with van der Waals surface area (Å²) in [5, 5.41) is 4.83. The van der Waals surface area contributed by atoms with E-state index in [9.17, 15) is 18.8 Å². The van der Waals surface area contributed by atoms with E-state index in [1.807, 2.05) is 24.3 Å². The van der Waals surface area contributed by atoms with Gasteiger partial charge < -0.3 is 19.9 Å². The first-order valence-corrected chi connectivity index (χ1v) is 16.5. The molecule has 1 aliphatic carbocycles. The molecule has 4 heterocycles. The third-order valence-corrected chi connectivity index (χ3v) is 9.97. The lowest BCUT2D eigenvalue weighted by molar-refractivity contribution is -0.122. The highest BCUT2D eigenvalue weighted by Crippen LogP contribution is 2.32. The lowest BCUT2D eigenvalue weighted by Crippen LogP contribution is -2.54. The van der Waals surface area contributed by atoms with Gasteiger partial charge in [-0.25, -0.2) is 14.2 Å². The lowest BCUT2D eigenvalue weighted by atomic mass is 9.94. The van der Waals surface area contributed by atoms with E-state index >= 15 is 0 Å². The van der Waals surface area contributed by atoms with Gasteiger partial charge >= 0.3 is 6.03 Å². The van der Waals surface area contributed by atoms with E-state index in [1.165, 1.54) is 50.2 Å². The van der Waals surface area contributed by atoms with Crippen LogP contribution in [0.5, 0.6) is 5.75 Å². The highest BCUT2D eigenvalue weighted by atomic mass is 19.1. The fraction of sp³-hybridized carbons (Fsp3) is 0.444. The Hall–Kier alpha value is -4.69. The zero-order valence-corrected chi connectivity index (χ0v) is 26.6. The Morgan fingerprint density at radius 1 is 1.02 bits per heavy atom. The van der Waals surface area contributed by atoms with Crippen LogP contribution in [0.25, 0.3) is 5.70 Å². The molecule has 2 aromatic rings. The number of piperazine rings is 1. The van der Waals surface area contributed by atoms with Crippen LogP contribution in [-0.4, -0.2) is 89.8 Å². The second-order valence-corrected chi connectivity index (χ2v) is 12.9. The van der Waals surface area contributed by atoms with Crippen LogP contribution in [-0.2, 0) is 11.3 Å². The maximum absolute atomic E-state index is 14.9. The molecule has 2 saturated heterocycles. The van der Waals surface area contributed by atoms with Crippen molar-refractivity contribution < 1.29 is 23.5 Å². The van der Waals surface area contributed by atoms with Gasteiger partial charge in [0.05, 0.1) is 24.9 Å². The number of carbonyl (C=O) groups excluding carboxylic acids is 3. The maximum atomic E-state index is 14.9. The molecule has 2 N–H and O–H groups in total. The molecular weight excluding hydrogens is 599 g/mol. The van der Waals surface area contributed by atoms with Gasteiger partial charge in [-0.1, -0.05) is 55.4 Å². The van der Waals surface area contributed by atoms with Crippen LogP contribution in [0.4, 0.5) is 9.18 Å². The molecule has 1 saturated carbocycles. The topological polar surface area (TPSA) is 107 Å². The number of ether oxygens (including phenoxy) is 1. The van der Waals surface area contributed by atoms with Gasteiger partial charge in [0, 0.05) is 50.7 Å². The van der Waals surface area contributed by atoms with Gasteiger partial charge in [-0.2, -0.15) is 0 Å². The van der Waals surface area contributed by atoms with Crippen LogP contribution in [0, 0.1) is 17.7 Å². The number of benzene rings is 2. The van der Waals surface area contributed by atoms with Crippen molar-refractivity contribution in [3.05, 3.63) is 70.5 Å². The van der Waals surface area contributed by atoms with Crippen molar-refractivity contribution in [1.82, 2.24) is 25.3 Å². The van der Waals surface area contributed by atoms with Gasteiger partial charge in [0.1, 0.15) is 5.84 Å². The van der Waals surface area contributed by atoms with Crippen LogP contribution in [0.2, 0.25) is 0 Å². The number of methoxy groups -OCH3 is 1. The summed E-state index contributed by atoms with van der Waals surface area (Å²) in [5.41, 5.74) is 1.23. The molecule has 7 rings (SSSR count). The summed E-state index contributed by atoms with van der Waals surface area (Å²) < 4.78 is 19.9. The second kappa shape index (κ2) is 12.8. The number of rotatable bonds is 5. The normalized spacial score (nSPS) is 23.4. The molecular formula is C36H39FN6O4. The number of nitrogens with zero attached hydrogens (tertiary/aromatic N) is 4. The Bertz CT molecular complexity index is 1710. The Balaban J connectivity index is 1.04. The second-order valence-electron chi connectivity index (χ2n) is 12.9. The van der Waals surface area contributed by atoms with Crippen molar-refractivity contribution in [2.24, 2.45) is 4.99 Å². The molecule has 1 unspecified atom stereocenters. The summed E-state index contributed by atoms with van der Waals surface area (Å²) in [7, 11) is 1.33. The Morgan fingerprint density at radius 3 is 2.49 bits per heavy atom. The summed E-state index contributed by atoms with van der Waals surface area (Å²) in [6.45, 7) is 4.05. The van der Waals surface area contributed by atoms with Crippen LogP contribution >= 0.6 is 0 Å². The number of fused-ring (bicyclic) bond motifs is 1. The minimum Gasteiger partial charge on any atom is -0.494 e. The largest absolute Gasteiger partial charge is 0.494 e. The SMILES string of the molecule is COc1ccc2c(c1F)C(=O)N(CC1(C#Cc3ccc(C4=CCCC(N5CCN(C6CCCCC6)CC5)=N4)cc3)NC(=O)NC1=O)C2. The highest BCUT2D eigenvalue weighted by Gasteiger charge is 2.49. The van der Waals surface area contributed by atoms with Gasteiger partial charge in [-0.05, 0) is 48.6 Å². The molecule has 4 amide bonds. The third kappa shape index (κ3) is 6.10. The standard InChI is InChI=1S/C36H39FN6O4/c1-47-29-15-14-26-22-43(33(44)31(26)32(29)37)23-36(34(45)39-35(46)40-36)17-16-24-10-12-25(13-11-24)28-8-5-9-30(38-28)42-20-18-41(19-21-42)27-6-3-2-4-7-27/h8,10-15,27H,2-7,9,18-23H2,1H3,(H2,39,40,45,46). The number of hydrogen-bond donors (Lipinski definition) is 2. The van der Waals surface area contributed by atoms with E-state index in [0.29, 0.717) is 11.1 Å². The fourth-order valence-corrected chi connectivity index (χ4v) is 7.38. The van der Waals surface area contributed by atoms with Crippen molar-refractivity contribution in [2.75, 3.05) is 39.8 Å². The number of carbonyl (C=O) groups is 3. The first-order valence-electron chi connectivity index (χ1n) is 16.5. The first kappa shape index (κ1) is 30.9. The number of allylic oxidation sites excluding steroid dienone is 1. The van der Waals surface area contributed by atoms with Crippen molar-refractivity contribution in [3.8, 4) is 17.6 Å². The minimum atomic E-state index is -1.69. The fourth-order valence-electron chi connectivity index (χ4n) is 7.38. The van der Waals surface area contributed by atoms with E-state index in [4.69, 9.17) is 9.73 Å². The molecule has 0 aromatic heterocycles. The average molecular weight is 639 g/mol. The summed E-state index contributed by atoms with van der Waals surface area (Å²) in [6.07, 6.45) is 10.8. The van der Waals surface area contributed by atoms with Crippen LogP contribution < -0.4 is 15.4 Å². The Morgan fingerprint density at radius 2 is 1.79 bits per heavy atom. The van der Waals surface area contributed by atoms with Gasteiger partial charge in [-0.15, -0.1) is 0 Å². The zero-order chi connectivity index (χ0) is 32.5. The molecule has 10 nitrogen and oxygen atoms in total. The van der Waals surface area contributed by atoms with Crippen LogP contribution in [0.15, 0.2) is 47.5 Å². The lowest BCUT2D eigenvalue weighted by Gasteiger charge is -2.42. The molecule has 5 aliphatic rings. The van der Waals surface area contributed by atoms with Crippen molar-refractivity contribution >= 4 is 29.4 Å². The summed E-state index contributed by atoms with van der Waals surface area (Å²) in [4.78, 5) is 49.9. The third-order valence-electron chi connectivity index (χ3n) is 9.97. The van der Waals surface area contributed by atoms with E-state index in [1.54, 1.807) is 6.07 Å². The van der Waals surface area contributed by atoms with E-state index in [2.05, 4.69) is 38.4 Å². The summed E-state index contributed by atoms with van der Waals surface area (Å²) in [6, 6.07) is 10.8. The van der Waals surface area contributed by atoms with Gasteiger partial charge in [0.2, 0.25) is 5.54 Å². The molecule has 0 radical (unpaired) electrons. The van der Waals surface area contributed by atoms with Crippen molar-refractivity contribution in [2.45, 2.75) is 63.1 Å². The average Bonchev–Trinajstić information content (AvgIpc) is 3.58. The highest BCUT2D eigenvalue weighted by molar-refractivity contribution is 6.10. The maximum Gasteiger partial charge on any atom is 0.323 e. The number of amidine groups is 1. The summed E-state index contributed by atoms with van der Waals surface area (Å²) >= 11 is 0. The zero-order valence-electron chi connectivity index (χ0n) is 26.6. The van der Waals surface area contributed by atoms with Gasteiger partial charge in [-0.3, -0.25) is 19.8 Å². The molecule has 4 aliphatic heterocycles. The number of hydrogen-bond acceptors (Lipinski definition) is 7. The number of amides is 4. The molecule has 11 heteroatoms. The summed E-state index contributed by atoms with van der Waals surface area (Å²) in [5.74, 6) is 5.03. The molecule has 1 atom stereocenters. The molecule has 244 valence electrons. The quantitative estimate of drug-likeness (QED) is 0.380. The van der Waals surface area contributed by atoms with Gasteiger partial charge in [0.15, 0.2) is 11.6 Å². The predicted molar refractivity (Wildman–Crippen MR) is 175 cm³/mol. The number of halogens is 1. The number of nitrogens with one attached hydrogen (secondary N) is 2. The van der Waals surface area contributed by atoms with Crippen LogP contribution in [0.3, 0.4) is 0 Å². The Labute approximate surface area is 274 Å². The molecule has 3 fully saturated rings. The molecule has 47 heavy (non-hydrogen) atoms. The number of urea groups is 1. The van der Waals surface area contributed by atoms with E-state index in [-0.39, 0.29) is 24.4 Å². The van der Waals surface area contributed by atoms with Gasteiger partial charge in [0.25, 0.3) is 11.8 Å². The van der Waals surface area contributed by atoms with Crippen molar-refractivity contribution in [3.63, 3.8) is 0 Å². The van der Waals surface area contributed by atoms with Crippen molar-refractivity contribution in [1.29, 1.82) is 0 Å². The predicted octanol–water partition coefficient (Wildman–Crippen LogP) is 3.90. The number of aliphatic imine (C=N–C) groups is 1. The first-order chi connectivity index (χ1) is 22.8. The molecule has 2 aromatic carbocycles. The number of imide groups is 1. The minimum absolute atomic E-state index is 0.0394. The monoisotopic (exact) mass is 638 g/mol. The van der Waals surface area contributed by atoms with E-state index < -0.39 is 29.2 Å². The smallest absolute Gasteiger partial charge is 0.323 e. The van der Waals surface area contributed by atoms with Crippen LogP contribution in [0.1, 0.15) is 72.0 Å². The molecule has 0 spiro atoms. The Kier molecular flexibility index (Phi) is 8.45.